The third kappa shape index (κ3) is 2.72. The van der Waals surface area contributed by atoms with Crippen LogP contribution in [-0.4, -0.2) is 29.9 Å². The van der Waals surface area contributed by atoms with Gasteiger partial charge in [0.1, 0.15) is 0 Å². The van der Waals surface area contributed by atoms with Crippen molar-refractivity contribution >= 4 is 33.2 Å². The number of hydrogen-bond donors (Lipinski definition) is 1. The zero-order valence-corrected chi connectivity index (χ0v) is 12.5. The van der Waals surface area contributed by atoms with Crippen LogP contribution >= 0.6 is 27.3 Å². The molecule has 3 nitrogen and oxygen atoms in total. The molecule has 2 N–H and O–H groups in total. The monoisotopic (exact) mass is 316 g/mol. The third-order valence-electron chi connectivity index (χ3n) is 3.33. The molecule has 0 spiro atoms. The number of aryl methyl sites for hydroxylation is 1. The lowest BCUT2D eigenvalue weighted by Crippen LogP contribution is -2.48. The van der Waals surface area contributed by atoms with Gasteiger partial charge >= 0.3 is 0 Å². The van der Waals surface area contributed by atoms with Crippen molar-refractivity contribution in [3.8, 4) is 0 Å². The first-order valence-electron chi connectivity index (χ1n) is 5.80. The lowest BCUT2D eigenvalue weighted by Gasteiger charge is -2.34. The van der Waals surface area contributed by atoms with Gasteiger partial charge in [0.05, 0.1) is 8.66 Å². The van der Waals surface area contributed by atoms with Crippen LogP contribution in [0, 0.1) is 12.8 Å². The van der Waals surface area contributed by atoms with Gasteiger partial charge in [0, 0.05) is 19.1 Å². The van der Waals surface area contributed by atoms with Crippen molar-refractivity contribution in [1.29, 1.82) is 0 Å². The highest BCUT2D eigenvalue weighted by Gasteiger charge is 2.27. The number of halogens is 1. The van der Waals surface area contributed by atoms with E-state index in [0.717, 1.165) is 33.7 Å². The minimum absolute atomic E-state index is 0.141. The molecule has 1 aromatic rings. The lowest BCUT2D eigenvalue weighted by molar-refractivity contribution is 0.0669. The summed E-state index contributed by atoms with van der Waals surface area (Å²) < 4.78 is 1.04. The van der Waals surface area contributed by atoms with Crippen molar-refractivity contribution in [1.82, 2.24) is 4.90 Å². The van der Waals surface area contributed by atoms with Crippen LogP contribution in [0.5, 0.6) is 0 Å². The number of carbonyl (C=O) groups excluding carboxylic acids is 1. The second-order valence-electron chi connectivity index (χ2n) is 4.75. The van der Waals surface area contributed by atoms with Gasteiger partial charge in [-0.2, -0.15) is 0 Å². The van der Waals surface area contributed by atoms with E-state index in [0.29, 0.717) is 5.92 Å². The van der Waals surface area contributed by atoms with Crippen LogP contribution in [0.2, 0.25) is 0 Å². The molecular weight excluding hydrogens is 300 g/mol. The Kier molecular flexibility index (Phi) is 3.90. The number of rotatable bonds is 1. The number of piperidine rings is 1. The van der Waals surface area contributed by atoms with E-state index in [1.165, 1.54) is 11.3 Å². The second kappa shape index (κ2) is 5.08. The maximum Gasteiger partial charge on any atom is 0.263 e. The Labute approximate surface area is 114 Å². The molecule has 1 amide bonds. The van der Waals surface area contributed by atoms with E-state index in [9.17, 15) is 4.79 Å². The minimum Gasteiger partial charge on any atom is -0.338 e. The standard InChI is InChI=1S/C12H17BrN2OS/c1-7-5-10(17-11(7)13)12(16)15-4-3-9(14)8(2)6-15/h5,8-9H,3-4,6,14H2,1-2H3. The first-order valence-corrected chi connectivity index (χ1v) is 7.40. The van der Waals surface area contributed by atoms with Crippen LogP contribution in [0.25, 0.3) is 0 Å². The predicted molar refractivity (Wildman–Crippen MR) is 74.4 cm³/mol. The van der Waals surface area contributed by atoms with Crippen molar-refractivity contribution in [2.45, 2.75) is 26.3 Å². The molecule has 0 saturated carbocycles. The van der Waals surface area contributed by atoms with E-state index in [-0.39, 0.29) is 11.9 Å². The fourth-order valence-electron chi connectivity index (χ4n) is 2.07. The molecule has 0 aliphatic carbocycles. The normalized spacial score (nSPS) is 25.1. The Morgan fingerprint density at radius 2 is 2.35 bits per heavy atom. The van der Waals surface area contributed by atoms with Crippen molar-refractivity contribution in [2.24, 2.45) is 11.7 Å². The van der Waals surface area contributed by atoms with E-state index in [1.54, 1.807) is 0 Å². The summed E-state index contributed by atoms with van der Waals surface area (Å²) in [6, 6.07) is 2.19. The summed E-state index contributed by atoms with van der Waals surface area (Å²) in [6.07, 6.45) is 0.901. The molecule has 2 heterocycles. The summed E-state index contributed by atoms with van der Waals surface area (Å²) in [6.45, 7) is 5.67. The Hall–Kier alpha value is -0.390. The van der Waals surface area contributed by atoms with Gasteiger partial charge in [0.15, 0.2) is 0 Å². The molecular formula is C12H17BrN2OS. The smallest absolute Gasteiger partial charge is 0.263 e. The number of thiophene rings is 1. The first kappa shape index (κ1) is 13.1. The highest BCUT2D eigenvalue weighted by atomic mass is 79.9. The highest BCUT2D eigenvalue weighted by molar-refractivity contribution is 9.11. The van der Waals surface area contributed by atoms with Gasteiger partial charge in [0.2, 0.25) is 0 Å². The van der Waals surface area contributed by atoms with E-state index >= 15 is 0 Å². The maximum atomic E-state index is 12.3. The Balaban J connectivity index is 2.10. The first-order chi connectivity index (χ1) is 7.99. The Morgan fingerprint density at radius 1 is 1.65 bits per heavy atom. The third-order valence-corrected chi connectivity index (χ3v) is 5.45. The molecule has 2 atom stereocenters. The number of hydrogen-bond acceptors (Lipinski definition) is 3. The van der Waals surface area contributed by atoms with E-state index in [4.69, 9.17) is 5.73 Å². The number of carbonyl (C=O) groups is 1. The molecule has 5 heteroatoms. The van der Waals surface area contributed by atoms with Gasteiger partial charge in [-0.15, -0.1) is 11.3 Å². The molecule has 0 bridgehead atoms. The highest BCUT2D eigenvalue weighted by Crippen LogP contribution is 2.29. The van der Waals surface area contributed by atoms with Crippen molar-refractivity contribution < 1.29 is 4.79 Å². The van der Waals surface area contributed by atoms with Crippen LogP contribution in [0.15, 0.2) is 9.85 Å². The van der Waals surface area contributed by atoms with Crippen LogP contribution in [0.4, 0.5) is 0 Å². The topological polar surface area (TPSA) is 46.3 Å². The molecule has 1 aliphatic rings. The lowest BCUT2D eigenvalue weighted by atomic mass is 9.95. The second-order valence-corrected chi connectivity index (χ2v) is 7.12. The summed E-state index contributed by atoms with van der Waals surface area (Å²) in [5.41, 5.74) is 7.09. The summed E-state index contributed by atoms with van der Waals surface area (Å²) in [5, 5.41) is 0. The van der Waals surface area contributed by atoms with Gasteiger partial charge in [-0.25, -0.2) is 0 Å². The summed E-state index contributed by atoms with van der Waals surface area (Å²) >= 11 is 4.97. The molecule has 94 valence electrons. The summed E-state index contributed by atoms with van der Waals surface area (Å²) in [5.74, 6) is 0.528. The predicted octanol–water partition coefficient (Wildman–Crippen LogP) is 2.63. The molecule has 0 radical (unpaired) electrons. The van der Waals surface area contributed by atoms with Crippen LogP contribution < -0.4 is 5.73 Å². The van der Waals surface area contributed by atoms with Gasteiger partial charge in [0.25, 0.3) is 5.91 Å². The minimum atomic E-state index is 0.141. The van der Waals surface area contributed by atoms with Crippen molar-refractivity contribution in [2.75, 3.05) is 13.1 Å². The largest absolute Gasteiger partial charge is 0.338 e. The van der Waals surface area contributed by atoms with Crippen LogP contribution in [0.1, 0.15) is 28.6 Å². The SMILES string of the molecule is Cc1cc(C(=O)N2CCC(N)C(C)C2)sc1Br. The molecule has 1 saturated heterocycles. The van der Waals surface area contributed by atoms with E-state index in [2.05, 4.69) is 22.9 Å². The van der Waals surface area contributed by atoms with Crippen LogP contribution in [0.3, 0.4) is 0 Å². The zero-order chi connectivity index (χ0) is 12.6. The van der Waals surface area contributed by atoms with Gasteiger partial charge in [-0.3, -0.25) is 4.79 Å². The fraction of sp³-hybridized carbons (Fsp3) is 0.583. The Bertz CT molecular complexity index is 413. The number of likely N-dealkylation sites (tertiary alicyclic amines) is 1. The quantitative estimate of drug-likeness (QED) is 0.865. The maximum absolute atomic E-state index is 12.3. The molecule has 1 aliphatic heterocycles. The average Bonchev–Trinajstić information content (AvgIpc) is 2.62. The van der Waals surface area contributed by atoms with Gasteiger partial charge in [-0.1, -0.05) is 6.92 Å². The number of amides is 1. The van der Waals surface area contributed by atoms with Crippen molar-refractivity contribution in [3.63, 3.8) is 0 Å². The molecule has 0 aromatic carbocycles. The van der Waals surface area contributed by atoms with Gasteiger partial charge in [-0.05, 0) is 46.8 Å². The molecule has 2 unspecified atom stereocenters. The fourth-order valence-corrected chi connectivity index (χ4v) is 3.57. The summed E-state index contributed by atoms with van der Waals surface area (Å²) in [7, 11) is 0. The Morgan fingerprint density at radius 3 is 2.88 bits per heavy atom. The average molecular weight is 317 g/mol. The van der Waals surface area contributed by atoms with E-state index < -0.39 is 0 Å². The van der Waals surface area contributed by atoms with Crippen LogP contribution in [-0.2, 0) is 0 Å². The van der Waals surface area contributed by atoms with E-state index in [1.807, 2.05) is 17.9 Å². The number of nitrogens with zero attached hydrogens (tertiary/aromatic N) is 1. The van der Waals surface area contributed by atoms with Crippen molar-refractivity contribution in [3.05, 3.63) is 20.3 Å². The van der Waals surface area contributed by atoms with Gasteiger partial charge < -0.3 is 10.6 Å². The zero-order valence-electron chi connectivity index (χ0n) is 10.1. The molecule has 2 rings (SSSR count). The summed E-state index contributed by atoms with van der Waals surface area (Å²) in [4.78, 5) is 15.0. The molecule has 17 heavy (non-hydrogen) atoms. The number of nitrogens with two attached hydrogens (primary N) is 1. The molecule has 1 aromatic heterocycles. The molecule has 1 fully saturated rings.